The van der Waals surface area contributed by atoms with Crippen LogP contribution in [0.1, 0.15) is 38.5 Å². The van der Waals surface area contributed by atoms with Crippen molar-refractivity contribution in [3.05, 3.63) is 0 Å². The summed E-state index contributed by atoms with van der Waals surface area (Å²) in [6, 6.07) is 0. The molecular formula is C11H23NO. The first-order valence-corrected chi connectivity index (χ1v) is 5.62. The third kappa shape index (κ3) is 6.05. The van der Waals surface area contributed by atoms with E-state index in [0.29, 0.717) is 6.61 Å². The van der Waals surface area contributed by atoms with Gasteiger partial charge in [0.25, 0.3) is 0 Å². The van der Waals surface area contributed by atoms with Crippen LogP contribution < -0.4 is 0 Å². The smallest absolute Gasteiger partial charge is 0.0431 e. The molecule has 0 radical (unpaired) electrons. The Labute approximate surface area is 81.9 Å². The maximum Gasteiger partial charge on any atom is 0.0431 e. The molecule has 78 valence electrons. The van der Waals surface area contributed by atoms with Gasteiger partial charge in [0.15, 0.2) is 0 Å². The van der Waals surface area contributed by atoms with Gasteiger partial charge in [0, 0.05) is 13.2 Å². The molecule has 0 aromatic rings. The molecule has 0 amide bonds. The van der Waals surface area contributed by atoms with Gasteiger partial charge in [-0.25, -0.2) is 0 Å². The van der Waals surface area contributed by atoms with Gasteiger partial charge in [-0.05, 0) is 45.2 Å². The Morgan fingerprint density at radius 2 is 1.85 bits per heavy atom. The summed E-state index contributed by atoms with van der Waals surface area (Å²) >= 11 is 0. The first-order valence-electron chi connectivity index (χ1n) is 5.62. The molecule has 0 heterocycles. The summed E-state index contributed by atoms with van der Waals surface area (Å²) in [4.78, 5) is 2.45. The number of nitrogens with zero attached hydrogens (tertiary/aromatic N) is 1. The van der Waals surface area contributed by atoms with Crippen molar-refractivity contribution < 1.29 is 5.11 Å². The van der Waals surface area contributed by atoms with Crippen LogP contribution in [0.4, 0.5) is 0 Å². The zero-order valence-corrected chi connectivity index (χ0v) is 8.84. The van der Waals surface area contributed by atoms with Crippen LogP contribution in [0.15, 0.2) is 0 Å². The predicted molar refractivity (Wildman–Crippen MR) is 55.8 cm³/mol. The second kappa shape index (κ2) is 6.39. The van der Waals surface area contributed by atoms with E-state index in [1.165, 1.54) is 45.2 Å². The van der Waals surface area contributed by atoms with Crippen molar-refractivity contribution in [3.8, 4) is 0 Å². The minimum Gasteiger partial charge on any atom is -0.396 e. The van der Waals surface area contributed by atoms with E-state index in [4.69, 9.17) is 5.11 Å². The maximum absolute atomic E-state index is 8.59. The van der Waals surface area contributed by atoms with E-state index in [2.05, 4.69) is 11.9 Å². The van der Waals surface area contributed by atoms with Gasteiger partial charge in [-0.1, -0.05) is 12.8 Å². The van der Waals surface area contributed by atoms with Crippen LogP contribution in [0.25, 0.3) is 0 Å². The number of aliphatic hydroxyl groups is 1. The number of unbranched alkanes of at least 4 members (excludes halogenated alkanes) is 3. The molecule has 1 N–H and O–H groups in total. The lowest BCUT2D eigenvalue weighted by Crippen LogP contribution is -2.22. The summed E-state index contributed by atoms with van der Waals surface area (Å²) < 4.78 is 0. The highest BCUT2D eigenvalue weighted by molar-refractivity contribution is 4.75. The predicted octanol–water partition coefficient (Wildman–Crippen LogP) is 1.88. The SMILES string of the molecule is CN(CCCCCCO)CC1CC1. The molecule has 1 aliphatic carbocycles. The van der Waals surface area contributed by atoms with Crippen LogP contribution in [-0.4, -0.2) is 36.8 Å². The van der Waals surface area contributed by atoms with Crippen molar-refractivity contribution in [2.45, 2.75) is 38.5 Å². The molecule has 0 aromatic heterocycles. The molecule has 2 heteroatoms. The summed E-state index contributed by atoms with van der Waals surface area (Å²) in [5.74, 6) is 1.02. The molecule has 1 aliphatic rings. The Kier molecular flexibility index (Phi) is 5.40. The molecule has 1 saturated carbocycles. The number of aliphatic hydroxyl groups excluding tert-OH is 1. The van der Waals surface area contributed by atoms with Crippen LogP contribution in [0.3, 0.4) is 0 Å². The molecular weight excluding hydrogens is 162 g/mol. The third-order valence-corrected chi connectivity index (χ3v) is 2.71. The Morgan fingerprint density at radius 3 is 2.46 bits per heavy atom. The van der Waals surface area contributed by atoms with E-state index >= 15 is 0 Å². The summed E-state index contributed by atoms with van der Waals surface area (Å²) in [6.07, 6.45) is 7.64. The highest BCUT2D eigenvalue weighted by atomic mass is 16.2. The van der Waals surface area contributed by atoms with Crippen LogP contribution in [0.2, 0.25) is 0 Å². The largest absolute Gasteiger partial charge is 0.396 e. The topological polar surface area (TPSA) is 23.5 Å². The van der Waals surface area contributed by atoms with E-state index in [9.17, 15) is 0 Å². The molecule has 2 nitrogen and oxygen atoms in total. The van der Waals surface area contributed by atoms with Crippen LogP contribution >= 0.6 is 0 Å². The molecule has 1 rings (SSSR count). The lowest BCUT2D eigenvalue weighted by atomic mass is 10.2. The average molecular weight is 185 g/mol. The molecule has 0 unspecified atom stereocenters. The molecule has 0 bridgehead atoms. The molecule has 0 aromatic carbocycles. The van der Waals surface area contributed by atoms with Gasteiger partial charge >= 0.3 is 0 Å². The number of rotatable bonds is 8. The zero-order chi connectivity index (χ0) is 9.52. The van der Waals surface area contributed by atoms with Gasteiger partial charge < -0.3 is 10.0 Å². The lowest BCUT2D eigenvalue weighted by Gasteiger charge is -2.15. The highest BCUT2D eigenvalue weighted by Gasteiger charge is 2.22. The zero-order valence-electron chi connectivity index (χ0n) is 8.84. The van der Waals surface area contributed by atoms with E-state index in [0.717, 1.165) is 12.3 Å². The quantitative estimate of drug-likeness (QED) is 0.584. The molecule has 0 spiro atoms. The summed E-state index contributed by atoms with van der Waals surface area (Å²) in [6.45, 7) is 2.90. The summed E-state index contributed by atoms with van der Waals surface area (Å²) in [7, 11) is 2.23. The van der Waals surface area contributed by atoms with Crippen LogP contribution in [0.5, 0.6) is 0 Å². The normalized spacial score (nSPS) is 16.8. The van der Waals surface area contributed by atoms with E-state index in [1.807, 2.05) is 0 Å². The van der Waals surface area contributed by atoms with Gasteiger partial charge in [0.2, 0.25) is 0 Å². The second-order valence-electron chi connectivity index (χ2n) is 4.34. The van der Waals surface area contributed by atoms with E-state index in [-0.39, 0.29) is 0 Å². The van der Waals surface area contributed by atoms with Gasteiger partial charge in [0.1, 0.15) is 0 Å². The Balaban J connectivity index is 1.80. The fourth-order valence-corrected chi connectivity index (χ4v) is 1.68. The monoisotopic (exact) mass is 185 g/mol. The van der Waals surface area contributed by atoms with Gasteiger partial charge in [0.05, 0.1) is 0 Å². The average Bonchev–Trinajstić information content (AvgIpc) is 2.88. The first kappa shape index (κ1) is 11.0. The van der Waals surface area contributed by atoms with Gasteiger partial charge in [-0.3, -0.25) is 0 Å². The van der Waals surface area contributed by atoms with Crippen molar-refractivity contribution >= 4 is 0 Å². The van der Waals surface area contributed by atoms with Gasteiger partial charge in [-0.15, -0.1) is 0 Å². The van der Waals surface area contributed by atoms with E-state index in [1.54, 1.807) is 0 Å². The fraction of sp³-hybridized carbons (Fsp3) is 1.00. The standard InChI is InChI=1S/C11H23NO/c1-12(10-11-6-7-11)8-4-2-3-5-9-13/h11,13H,2-10H2,1H3. The molecule has 1 fully saturated rings. The van der Waals surface area contributed by atoms with Crippen molar-refractivity contribution in [3.63, 3.8) is 0 Å². The van der Waals surface area contributed by atoms with Crippen LogP contribution in [0, 0.1) is 5.92 Å². The number of hydrogen-bond acceptors (Lipinski definition) is 2. The Morgan fingerprint density at radius 1 is 1.15 bits per heavy atom. The van der Waals surface area contributed by atoms with Crippen molar-refractivity contribution in [1.29, 1.82) is 0 Å². The maximum atomic E-state index is 8.59. The lowest BCUT2D eigenvalue weighted by molar-refractivity contribution is 0.276. The Hall–Kier alpha value is -0.0800. The second-order valence-corrected chi connectivity index (χ2v) is 4.34. The fourth-order valence-electron chi connectivity index (χ4n) is 1.68. The number of hydrogen-bond donors (Lipinski definition) is 1. The summed E-state index contributed by atoms with van der Waals surface area (Å²) in [5.41, 5.74) is 0. The van der Waals surface area contributed by atoms with Crippen molar-refractivity contribution in [2.24, 2.45) is 5.92 Å². The first-order chi connectivity index (χ1) is 6.33. The molecule has 0 atom stereocenters. The Bertz CT molecular complexity index is 123. The van der Waals surface area contributed by atoms with Gasteiger partial charge in [-0.2, -0.15) is 0 Å². The third-order valence-electron chi connectivity index (χ3n) is 2.71. The summed E-state index contributed by atoms with van der Waals surface area (Å²) in [5, 5.41) is 8.59. The van der Waals surface area contributed by atoms with Crippen molar-refractivity contribution in [2.75, 3.05) is 26.7 Å². The molecule has 0 aliphatic heterocycles. The highest BCUT2D eigenvalue weighted by Crippen LogP contribution is 2.29. The minimum absolute atomic E-state index is 0.359. The molecule has 0 saturated heterocycles. The van der Waals surface area contributed by atoms with Crippen LogP contribution in [-0.2, 0) is 0 Å². The minimum atomic E-state index is 0.359. The van der Waals surface area contributed by atoms with E-state index < -0.39 is 0 Å². The van der Waals surface area contributed by atoms with Crippen molar-refractivity contribution in [1.82, 2.24) is 4.90 Å². The molecule has 13 heavy (non-hydrogen) atoms.